The fourth-order valence-corrected chi connectivity index (χ4v) is 2.30. The van der Waals surface area contributed by atoms with Gasteiger partial charge in [0.25, 0.3) is 0 Å². The number of ether oxygens (including phenoxy) is 1. The van der Waals surface area contributed by atoms with Crippen LogP contribution in [0.3, 0.4) is 0 Å². The van der Waals surface area contributed by atoms with Crippen LogP contribution in [0, 0.1) is 11.3 Å². The smallest absolute Gasteiger partial charge is 0.342 e. The number of hydrogen-bond acceptors (Lipinski definition) is 2. The van der Waals surface area contributed by atoms with Crippen LogP contribution in [0.1, 0.15) is 53.9 Å². The largest absolute Gasteiger partial charge is 0.458 e. The molecule has 0 bridgehead atoms. The van der Waals surface area contributed by atoms with E-state index in [1.165, 1.54) is 6.42 Å². The highest BCUT2D eigenvalue weighted by Gasteiger charge is 2.24. The van der Waals surface area contributed by atoms with E-state index in [2.05, 4.69) is 33.4 Å². The first-order valence-corrected chi connectivity index (χ1v) is 6.43. The number of cyclic esters (lactones) is 1. The van der Waals surface area contributed by atoms with Crippen molar-refractivity contribution in [3.8, 4) is 0 Å². The summed E-state index contributed by atoms with van der Waals surface area (Å²) in [5.74, 6) is 0.426. The minimum atomic E-state index is -0.197. The standard InChI is InChI=1S/C15H24O2/c1-11(10-15(3,4)5)7-6-8-13-9-12(2)17-14(13)16/h6,11-12H,7,9-10H2,1-5H3. The van der Waals surface area contributed by atoms with E-state index in [-0.39, 0.29) is 12.1 Å². The molecule has 0 aromatic heterocycles. The summed E-state index contributed by atoms with van der Waals surface area (Å²) in [6, 6.07) is 0. The zero-order valence-corrected chi connectivity index (χ0v) is 11.7. The molecule has 0 N–H and O–H groups in total. The van der Waals surface area contributed by atoms with Gasteiger partial charge in [-0.25, -0.2) is 4.79 Å². The quantitative estimate of drug-likeness (QED) is 0.422. The van der Waals surface area contributed by atoms with Crippen LogP contribution in [0.15, 0.2) is 17.4 Å². The Morgan fingerprint density at radius 2 is 2.18 bits per heavy atom. The van der Waals surface area contributed by atoms with Crippen molar-refractivity contribution in [2.75, 3.05) is 0 Å². The van der Waals surface area contributed by atoms with E-state index >= 15 is 0 Å². The second-order valence-electron chi connectivity index (χ2n) is 6.35. The van der Waals surface area contributed by atoms with E-state index in [1.54, 1.807) is 0 Å². The average molecular weight is 236 g/mol. The van der Waals surface area contributed by atoms with Gasteiger partial charge in [0.15, 0.2) is 0 Å². The van der Waals surface area contributed by atoms with Crippen LogP contribution >= 0.6 is 0 Å². The third kappa shape index (κ3) is 5.23. The minimum absolute atomic E-state index is 0.0189. The predicted octanol–water partition coefficient (Wildman–Crippen LogP) is 3.87. The van der Waals surface area contributed by atoms with Crippen LogP contribution in [0.25, 0.3) is 0 Å². The summed E-state index contributed by atoms with van der Waals surface area (Å²) < 4.78 is 5.05. The summed E-state index contributed by atoms with van der Waals surface area (Å²) in [5, 5.41) is 0. The van der Waals surface area contributed by atoms with Crippen molar-refractivity contribution < 1.29 is 9.53 Å². The van der Waals surface area contributed by atoms with Crippen LogP contribution in [0.5, 0.6) is 0 Å². The van der Waals surface area contributed by atoms with Gasteiger partial charge in [-0.2, -0.15) is 0 Å². The molecule has 2 atom stereocenters. The molecule has 2 nitrogen and oxygen atoms in total. The zero-order chi connectivity index (χ0) is 13.1. The predicted molar refractivity (Wildman–Crippen MR) is 69.6 cm³/mol. The lowest BCUT2D eigenvalue weighted by atomic mass is 9.84. The van der Waals surface area contributed by atoms with Crippen LogP contribution in [0.4, 0.5) is 0 Å². The van der Waals surface area contributed by atoms with Crippen molar-refractivity contribution in [1.82, 2.24) is 0 Å². The number of carbonyl (C=O) groups is 1. The lowest BCUT2D eigenvalue weighted by Gasteiger charge is -2.21. The molecular weight excluding hydrogens is 212 g/mol. The first kappa shape index (κ1) is 14.1. The topological polar surface area (TPSA) is 26.3 Å². The Labute approximate surface area is 105 Å². The molecule has 17 heavy (non-hydrogen) atoms. The van der Waals surface area contributed by atoms with Gasteiger partial charge in [-0.15, -0.1) is 5.73 Å². The van der Waals surface area contributed by atoms with Crippen molar-refractivity contribution >= 4 is 5.97 Å². The Bertz CT molecular complexity index is 340. The first-order chi connectivity index (χ1) is 7.78. The molecule has 0 aromatic rings. The number of esters is 1. The molecular formula is C15H24O2. The molecule has 1 fully saturated rings. The molecule has 2 heteroatoms. The Balaban J connectivity index is 2.50. The third-order valence-corrected chi connectivity index (χ3v) is 2.80. The Morgan fingerprint density at radius 1 is 1.53 bits per heavy atom. The number of rotatable bonds is 3. The van der Waals surface area contributed by atoms with Crippen LogP contribution < -0.4 is 0 Å². The second kappa shape index (κ2) is 5.55. The van der Waals surface area contributed by atoms with Gasteiger partial charge in [0.1, 0.15) is 6.10 Å². The van der Waals surface area contributed by atoms with Gasteiger partial charge in [-0.05, 0) is 37.2 Å². The molecule has 2 unspecified atom stereocenters. The number of carbonyl (C=O) groups excluding carboxylic acids is 1. The summed E-state index contributed by atoms with van der Waals surface area (Å²) in [4.78, 5) is 11.3. The molecule has 0 amide bonds. The zero-order valence-electron chi connectivity index (χ0n) is 11.7. The Hall–Kier alpha value is -1.01. The molecule has 1 rings (SSSR count). The van der Waals surface area contributed by atoms with E-state index in [0.29, 0.717) is 23.3 Å². The maximum atomic E-state index is 11.3. The highest BCUT2D eigenvalue weighted by atomic mass is 16.5. The van der Waals surface area contributed by atoms with Crippen LogP contribution in [-0.4, -0.2) is 12.1 Å². The highest BCUT2D eigenvalue weighted by molar-refractivity contribution is 5.90. The van der Waals surface area contributed by atoms with E-state index < -0.39 is 0 Å². The monoisotopic (exact) mass is 236 g/mol. The molecule has 0 radical (unpaired) electrons. The Morgan fingerprint density at radius 3 is 2.65 bits per heavy atom. The molecule has 1 heterocycles. The molecule has 1 saturated heterocycles. The van der Waals surface area contributed by atoms with Crippen molar-refractivity contribution in [3.63, 3.8) is 0 Å². The van der Waals surface area contributed by atoms with E-state index in [4.69, 9.17) is 4.74 Å². The summed E-state index contributed by atoms with van der Waals surface area (Å²) >= 11 is 0. The lowest BCUT2D eigenvalue weighted by molar-refractivity contribution is -0.138. The number of hydrogen-bond donors (Lipinski definition) is 0. The average Bonchev–Trinajstić information content (AvgIpc) is 2.42. The highest BCUT2D eigenvalue weighted by Crippen LogP contribution is 2.26. The maximum Gasteiger partial charge on any atom is 0.342 e. The fourth-order valence-electron chi connectivity index (χ4n) is 2.30. The normalized spacial score (nSPS) is 22.1. The van der Waals surface area contributed by atoms with Gasteiger partial charge in [0.05, 0.1) is 5.57 Å². The fraction of sp³-hybridized carbons (Fsp3) is 0.733. The summed E-state index contributed by atoms with van der Waals surface area (Å²) in [5.41, 5.74) is 4.15. The minimum Gasteiger partial charge on any atom is -0.458 e. The second-order valence-corrected chi connectivity index (χ2v) is 6.35. The van der Waals surface area contributed by atoms with E-state index in [0.717, 1.165) is 6.42 Å². The van der Waals surface area contributed by atoms with Gasteiger partial charge < -0.3 is 4.74 Å². The third-order valence-electron chi connectivity index (χ3n) is 2.80. The SMILES string of the molecule is CC(CC=C=C1CC(C)OC1=O)CC(C)(C)C. The molecule has 0 aliphatic carbocycles. The van der Waals surface area contributed by atoms with Crippen molar-refractivity contribution in [3.05, 3.63) is 17.4 Å². The summed E-state index contributed by atoms with van der Waals surface area (Å²) in [6.45, 7) is 10.9. The molecule has 0 saturated carbocycles. The molecule has 1 aliphatic rings. The molecule has 96 valence electrons. The lowest BCUT2D eigenvalue weighted by Crippen LogP contribution is -2.10. The van der Waals surface area contributed by atoms with Gasteiger partial charge >= 0.3 is 5.97 Å². The van der Waals surface area contributed by atoms with Gasteiger partial charge in [-0.3, -0.25) is 0 Å². The van der Waals surface area contributed by atoms with Crippen LogP contribution in [-0.2, 0) is 9.53 Å². The summed E-state index contributed by atoms with van der Waals surface area (Å²) in [7, 11) is 0. The van der Waals surface area contributed by atoms with Crippen molar-refractivity contribution in [1.29, 1.82) is 0 Å². The Kier molecular flexibility index (Phi) is 4.59. The molecule has 0 spiro atoms. The van der Waals surface area contributed by atoms with Crippen molar-refractivity contribution in [2.24, 2.45) is 11.3 Å². The summed E-state index contributed by atoms with van der Waals surface area (Å²) in [6.07, 6.45) is 4.86. The van der Waals surface area contributed by atoms with E-state index in [9.17, 15) is 4.79 Å². The van der Waals surface area contributed by atoms with E-state index in [1.807, 2.05) is 13.0 Å². The molecule has 0 aromatic carbocycles. The van der Waals surface area contributed by atoms with Crippen LogP contribution in [0.2, 0.25) is 0 Å². The maximum absolute atomic E-state index is 11.3. The van der Waals surface area contributed by atoms with Gasteiger partial charge in [-0.1, -0.05) is 27.7 Å². The first-order valence-electron chi connectivity index (χ1n) is 6.43. The molecule has 1 aliphatic heterocycles. The van der Waals surface area contributed by atoms with Gasteiger partial charge in [0, 0.05) is 6.42 Å². The van der Waals surface area contributed by atoms with Crippen molar-refractivity contribution in [2.45, 2.75) is 60.0 Å². The van der Waals surface area contributed by atoms with Gasteiger partial charge in [0.2, 0.25) is 0 Å².